The van der Waals surface area contributed by atoms with Crippen molar-refractivity contribution in [1.29, 1.82) is 0 Å². The van der Waals surface area contributed by atoms with Gasteiger partial charge in [0.05, 0.1) is 18.3 Å². The first-order valence-electron chi connectivity index (χ1n) is 8.81. The summed E-state index contributed by atoms with van der Waals surface area (Å²) in [5, 5.41) is 0.175. The highest BCUT2D eigenvalue weighted by Crippen LogP contribution is 2.40. The van der Waals surface area contributed by atoms with Gasteiger partial charge in [-0.1, -0.05) is 33.3 Å². The van der Waals surface area contributed by atoms with Crippen molar-refractivity contribution in [2.24, 2.45) is 11.8 Å². The number of rotatable bonds is 6. The number of esters is 1. The minimum atomic E-state index is -1.84. The Labute approximate surface area is 143 Å². The third-order valence-corrected chi connectivity index (χ3v) is 9.46. The zero-order valence-electron chi connectivity index (χ0n) is 15.8. The highest BCUT2D eigenvalue weighted by Gasteiger charge is 2.39. The molecule has 0 aromatic carbocycles. The predicted octanol–water partition coefficient (Wildman–Crippen LogP) is 5.45. The van der Waals surface area contributed by atoms with E-state index in [9.17, 15) is 4.79 Å². The van der Waals surface area contributed by atoms with Crippen LogP contribution in [0.1, 0.15) is 53.4 Å². The van der Waals surface area contributed by atoms with Crippen molar-refractivity contribution in [2.75, 3.05) is 6.61 Å². The summed E-state index contributed by atoms with van der Waals surface area (Å²) in [6.45, 7) is 17.4. The molecule has 1 rings (SSSR count). The molecular weight excluding hydrogens is 304 g/mol. The Morgan fingerprint density at radius 1 is 1.43 bits per heavy atom. The molecule has 0 bridgehead atoms. The van der Waals surface area contributed by atoms with Gasteiger partial charge >= 0.3 is 5.97 Å². The van der Waals surface area contributed by atoms with Crippen LogP contribution in [0.5, 0.6) is 0 Å². The van der Waals surface area contributed by atoms with Gasteiger partial charge in [-0.25, -0.2) is 0 Å². The Hall–Kier alpha value is -1.03. The van der Waals surface area contributed by atoms with Crippen LogP contribution in [0.4, 0.5) is 0 Å². The first-order chi connectivity index (χ1) is 10.6. The Morgan fingerprint density at radius 3 is 2.61 bits per heavy atom. The van der Waals surface area contributed by atoms with E-state index in [1.54, 1.807) is 6.08 Å². The minimum absolute atomic E-state index is 0.133. The molecule has 0 fully saturated rings. The number of ether oxygens (including phenoxy) is 1. The average molecular weight is 339 g/mol. The molecule has 4 heteroatoms. The van der Waals surface area contributed by atoms with Gasteiger partial charge in [0.2, 0.25) is 8.32 Å². The SMILES string of the molecule is C=CC(C(=O)OCC)C1C=C(O[Si](C)(C)C(C)(C)C)CCCC1. The number of carbonyl (C=O) groups excluding carboxylic acids is 1. The summed E-state index contributed by atoms with van der Waals surface area (Å²) in [4.78, 5) is 12.2. The molecule has 23 heavy (non-hydrogen) atoms. The number of carbonyl (C=O) groups is 1. The highest BCUT2D eigenvalue weighted by atomic mass is 28.4. The molecule has 0 saturated heterocycles. The predicted molar refractivity (Wildman–Crippen MR) is 98.6 cm³/mol. The summed E-state index contributed by atoms with van der Waals surface area (Å²) >= 11 is 0. The smallest absolute Gasteiger partial charge is 0.313 e. The zero-order valence-corrected chi connectivity index (χ0v) is 16.8. The van der Waals surface area contributed by atoms with E-state index < -0.39 is 8.32 Å². The van der Waals surface area contributed by atoms with Gasteiger partial charge in [-0.3, -0.25) is 4.79 Å². The van der Waals surface area contributed by atoms with E-state index >= 15 is 0 Å². The minimum Gasteiger partial charge on any atom is -0.547 e. The van der Waals surface area contributed by atoms with E-state index in [1.807, 2.05) is 6.92 Å². The van der Waals surface area contributed by atoms with Crippen molar-refractivity contribution in [3.8, 4) is 0 Å². The molecule has 0 amide bonds. The van der Waals surface area contributed by atoms with Crippen molar-refractivity contribution in [2.45, 2.75) is 71.5 Å². The standard InChI is InChI=1S/C19H34O3Si/c1-8-17(18(20)21-9-2)15-12-10-11-13-16(14-15)22-23(6,7)19(3,4)5/h8,14-15,17H,1,9-13H2,2-7H3. The molecule has 2 atom stereocenters. The zero-order chi connectivity index (χ0) is 17.7. The molecule has 0 aromatic heterocycles. The summed E-state index contributed by atoms with van der Waals surface area (Å²) in [6, 6.07) is 0. The lowest BCUT2D eigenvalue weighted by Gasteiger charge is -2.37. The van der Waals surface area contributed by atoms with Crippen LogP contribution >= 0.6 is 0 Å². The lowest BCUT2D eigenvalue weighted by atomic mass is 9.88. The monoisotopic (exact) mass is 338 g/mol. The second kappa shape index (κ2) is 8.18. The van der Waals surface area contributed by atoms with Crippen molar-refractivity contribution in [1.82, 2.24) is 0 Å². The van der Waals surface area contributed by atoms with Gasteiger partial charge in [0.1, 0.15) is 0 Å². The van der Waals surface area contributed by atoms with Crippen LogP contribution in [0, 0.1) is 11.8 Å². The number of hydrogen-bond acceptors (Lipinski definition) is 3. The molecule has 0 aliphatic heterocycles. The molecule has 1 aliphatic rings. The van der Waals surface area contributed by atoms with Gasteiger partial charge in [-0.15, -0.1) is 6.58 Å². The Morgan fingerprint density at radius 2 is 2.09 bits per heavy atom. The molecule has 1 aliphatic carbocycles. The van der Waals surface area contributed by atoms with Crippen LogP contribution < -0.4 is 0 Å². The van der Waals surface area contributed by atoms with Crippen LogP contribution in [-0.2, 0) is 14.0 Å². The fourth-order valence-corrected chi connectivity index (χ4v) is 3.75. The summed E-state index contributed by atoms with van der Waals surface area (Å²) in [6.07, 6.45) is 8.08. The second-order valence-corrected chi connectivity index (χ2v) is 12.6. The van der Waals surface area contributed by atoms with Crippen LogP contribution in [0.2, 0.25) is 18.1 Å². The summed E-state index contributed by atoms with van der Waals surface area (Å²) in [5.74, 6) is 0.757. The molecule has 0 aromatic rings. The first-order valence-corrected chi connectivity index (χ1v) is 11.7. The van der Waals surface area contributed by atoms with Crippen molar-refractivity contribution >= 4 is 14.3 Å². The molecule has 0 saturated carbocycles. The molecule has 0 spiro atoms. The highest BCUT2D eigenvalue weighted by molar-refractivity contribution is 6.74. The van der Waals surface area contributed by atoms with Gasteiger partial charge in [0, 0.05) is 6.42 Å². The molecular formula is C19H34O3Si. The Kier molecular flexibility index (Phi) is 7.12. The summed E-state index contributed by atoms with van der Waals surface area (Å²) in [7, 11) is -1.84. The fourth-order valence-electron chi connectivity index (χ4n) is 2.62. The van der Waals surface area contributed by atoms with Gasteiger partial charge in [0.15, 0.2) is 0 Å². The lowest BCUT2D eigenvalue weighted by molar-refractivity contribution is -0.147. The third kappa shape index (κ3) is 5.52. The quantitative estimate of drug-likeness (QED) is 0.367. The van der Waals surface area contributed by atoms with Gasteiger partial charge in [-0.05, 0) is 49.9 Å². The van der Waals surface area contributed by atoms with Crippen LogP contribution in [0.25, 0.3) is 0 Å². The number of hydrogen-bond donors (Lipinski definition) is 0. The van der Waals surface area contributed by atoms with Gasteiger partial charge in [0.25, 0.3) is 0 Å². The largest absolute Gasteiger partial charge is 0.547 e. The first kappa shape index (κ1) is 20.0. The van der Waals surface area contributed by atoms with Crippen LogP contribution in [0.15, 0.2) is 24.5 Å². The van der Waals surface area contributed by atoms with Crippen LogP contribution in [0.3, 0.4) is 0 Å². The Balaban J connectivity index is 2.97. The average Bonchev–Trinajstić information content (AvgIpc) is 2.64. The third-order valence-electron chi connectivity index (χ3n) is 5.08. The van der Waals surface area contributed by atoms with Crippen molar-refractivity contribution in [3.63, 3.8) is 0 Å². The molecule has 132 valence electrons. The topological polar surface area (TPSA) is 35.5 Å². The maximum Gasteiger partial charge on any atom is 0.313 e. The summed E-state index contributed by atoms with van der Waals surface area (Å²) < 4.78 is 11.7. The summed E-state index contributed by atoms with van der Waals surface area (Å²) in [5.41, 5.74) is 0. The normalized spacial score (nSPS) is 21.0. The number of allylic oxidation sites excluding steroid dienone is 2. The lowest BCUT2D eigenvalue weighted by Crippen LogP contribution is -2.40. The second-order valence-electron chi connectivity index (χ2n) is 7.92. The van der Waals surface area contributed by atoms with Crippen molar-refractivity contribution in [3.05, 3.63) is 24.5 Å². The Bertz CT molecular complexity index is 446. The van der Waals surface area contributed by atoms with E-state index in [2.05, 4.69) is 46.5 Å². The molecule has 3 nitrogen and oxygen atoms in total. The molecule has 0 radical (unpaired) electrons. The molecule has 0 heterocycles. The van der Waals surface area contributed by atoms with E-state index in [0.717, 1.165) is 31.4 Å². The molecule has 0 N–H and O–H groups in total. The van der Waals surface area contributed by atoms with Gasteiger partial charge < -0.3 is 9.16 Å². The maximum atomic E-state index is 12.2. The van der Waals surface area contributed by atoms with E-state index in [-0.39, 0.29) is 22.8 Å². The molecule has 2 unspecified atom stereocenters. The van der Waals surface area contributed by atoms with E-state index in [1.165, 1.54) is 0 Å². The van der Waals surface area contributed by atoms with Crippen molar-refractivity contribution < 1.29 is 14.0 Å². The van der Waals surface area contributed by atoms with Gasteiger partial charge in [-0.2, -0.15) is 0 Å². The fraction of sp³-hybridized carbons (Fsp3) is 0.737. The van der Waals surface area contributed by atoms with E-state index in [0.29, 0.717) is 6.61 Å². The van der Waals surface area contributed by atoms with Crippen LogP contribution in [-0.4, -0.2) is 20.9 Å². The van der Waals surface area contributed by atoms with E-state index in [4.69, 9.17) is 9.16 Å². The maximum absolute atomic E-state index is 12.2.